The van der Waals surface area contributed by atoms with Crippen LogP contribution in [0, 0.1) is 5.92 Å². The molecule has 2 atom stereocenters. The number of ether oxygens (including phenoxy) is 1. The lowest BCUT2D eigenvalue weighted by Crippen LogP contribution is -2.44. The summed E-state index contributed by atoms with van der Waals surface area (Å²) in [5.41, 5.74) is -1.03. The monoisotopic (exact) mass is 297 g/mol. The average molecular weight is 298 g/mol. The Morgan fingerprint density at radius 1 is 1.50 bits per heavy atom. The Hall–Kier alpha value is -1.10. The highest BCUT2D eigenvalue weighted by Crippen LogP contribution is 2.23. The molecule has 1 aromatic rings. The van der Waals surface area contributed by atoms with Gasteiger partial charge in [-0.3, -0.25) is 4.79 Å². The number of hydrogen-bond acceptors (Lipinski definition) is 3. The lowest BCUT2D eigenvalue weighted by molar-refractivity contribution is -0.139. The summed E-state index contributed by atoms with van der Waals surface area (Å²) in [6.45, 7) is 3.49. The third-order valence-corrected chi connectivity index (χ3v) is 3.91. The molecular weight excluding hydrogens is 278 g/mol. The van der Waals surface area contributed by atoms with Gasteiger partial charge >= 0.3 is 0 Å². The summed E-state index contributed by atoms with van der Waals surface area (Å²) in [7, 11) is 0. The number of aliphatic hydroxyl groups is 1. The average Bonchev–Trinajstić information content (AvgIpc) is 2.46. The van der Waals surface area contributed by atoms with Gasteiger partial charge in [-0.15, -0.1) is 0 Å². The third kappa shape index (κ3) is 3.72. The summed E-state index contributed by atoms with van der Waals surface area (Å²) in [4.78, 5) is 12.2. The molecule has 0 aromatic heterocycles. The number of carbonyl (C=O) groups is 1. The van der Waals surface area contributed by atoms with Gasteiger partial charge in [0.25, 0.3) is 5.91 Å². The molecule has 0 aliphatic carbocycles. The predicted molar refractivity (Wildman–Crippen MR) is 77.6 cm³/mol. The maximum Gasteiger partial charge on any atom is 0.256 e. The molecule has 2 unspecified atom stereocenters. The van der Waals surface area contributed by atoms with Crippen molar-refractivity contribution in [1.82, 2.24) is 5.32 Å². The van der Waals surface area contributed by atoms with Gasteiger partial charge in [-0.2, -0.15) is 0 Å². The zero-order valence-corrected chi connectivity index (χ0v) is 12.3. The van der Waals surface area contributed by atoms with E-state index in [0.29, 0.717) is 29.7 Å². The van der Waals surface area contributed by atoms with Crippen LogP contribution in [0.3, 0.4) is 0 Å². The summed E-state index contributed by atoms with van der Waals surface area (Å²) in [6.07, 6.45) is 2.07. The van der Waals surface area contributed by atoms with Gasteiger partial charge in [0.15, 0.2) is 5.60 Å². The van der Waals surface area contributed by atoms with E-state index in [1.54, 1.807) is 24.3 Å². The van der Waals surface area contributed by atoms with Crippen molar-refractivity contribution in [3.8, 4) is 0 Å². The zero-order chi connectivity index (χ0) is 14.6. The maximum atomic E-state index is 12.2. The number of benzene rings is 1. The minimum atomic E-state index is -1.56. The van der Waals surface area contributed by atoms with Crippen LogP contribution in [0.1, 0.15) is 25.3 Å². The second kappa shape index (κ2) is 6.57. The van der Waals surface area contributed by atoms with Gasteiger partial charge in [-0.05, 0) is 43.4 Å². The van der Waals surface area contributed by atoms with E-state index in [-0.39, 0.29) is 0 Å². The third-order valence-electron chi connectivity index (χ3n) is 3.65. The minimum absolute atomic E-state index is 0.328. The summed E-state index contributed by atoms with van der Waals surface area (Å²) in [5, 5.41) is 13.8. The van der Waals surface area contributed by atoms with Gasteiger partial charge < -0.3 is 15.2 Å². The molecule has 0 bridgehead atoms. The van der Waals surface area contributed by atoms with Crippen molar-refractivity contribution >= 4 is 17.5 Å². The van der Waals surface area contributed by atoms with Crippen molar-refractivity contribution in [2.45, 2.75) is 25.4 Å². The van der Waals surface area contributed by atoms with Crippen LogP contribution in [-0.2, 0) is 15.1 Å². The number of hydrogen-bond donors (Lipinski definition) is 2. The molecule has 20 heavy (non-hydrogen) atoms. The Labute approximate surface area is 124 Å². The van der Waals surface area contributed by atoms with Crippen LogP contribution in [0.2, 0.25) is 5.02 Å². The number of amides is 1. The highest BCUT2D eigenvalue weighted by Gasteiger charge is 2.32. The molecule has 0 saturated carbocycles. The first-order valence-corrected chi connectivity index (χ1v) is 7.22. The van der Waals surface area contributed by atoms with Crippen molar-refractivity contribution in [2.75, 3.05) is 19.8 Å². The highest BCUT2D eigenvalue weighted by molar-refractivity contribution is 6.30. The van der Waals surface area contributed by atoms with Gasteiger partial charge in [-0.1, -0.05) is 23.7 Å². The molecule has 1 aromatic carbocycles. The predicted octanol–water partition coefficient (Wildman–Crippen LogP) is 2.09. The second-order valence-electron chi connectivity index (χ2n) is 5.37. The number of nitrogens with one attached hydrogen (secondary N) is 1. The molecule has 2 N–H and O–H groups in total. The Morgan fingerprint density at radius 3 is 2.80 bits per heavy atom. The molecule has 1 fully saturated rings. The number of halogens is 1. The first-order chi connectivity index (χ1) is 9.50. The minimum Gasteiger partial charge on any atom is -0.381 e. The molecular formula is C15H20ClNO3. The van der Waals surface area contributed by atoms with Gasteiger partial charge in [0, 0.05) is 18.2 Å². The number of carbonyl (C=O) groups excluding carboxylic acids is 1. The SMILES string of the molecule is CC(O)(C(=O)NCC1CCCOC1)c1ccc(Cl)cc1. The van der Waals surface area contributed by atoms with Gasteiger partial charge in [0.05, 0.1) is 6.61 Å². The Balaban J connectivity index is 1.94. The summed E-state index contributed by atoms with van der Waals surface area (Å²) < 4.78 is 5.37. The molecule has 4 nitrogen and oxygen atoms in total. The van der Waals surface area contributed by atoms with Crippen LogP contribution >= 0.6 is 11.6 Å². The fourth-order valence-electron chi connectivity index (χ4n) is 2.28. The highest BCUT2D eigenvalue weighted by atomic mass is 35.5. The van der Waals surface area contributed by atoms with E-state index in [9.17, 15) is 9.90 Å². The van der Waals surface area contributed by atoms with E-state index in [4.69, 9.17) is 16.3 Å². The van der Waals surface area contributed by atoms with Crippen molar-refractivity contribution in [2.24, 2.45) is 5.92 Å². The fraction of sp³-hybridized carbons (Fsp3) is 0.533. The van der Waals surface area contributed by atoms with E-state index in [0.717, 1.165) is 19.4 Å². The zero-order valence-electron chi connectivity index (χ0n) is 11.6. The van der Waals surface area contributed by atoms with E-state index in [1.807, 2.05) is 0 Å². The first-order valence-electron chi connectivity index (χ1n) is 6.84. The molecule has 2 rings (SSSR count). The van der Waals surface area contributed by atoms with Crippen LogP contribution in [0.5, 0.6) is 0 Å². The smallest absolute Gasteiger partial charge is 0.256 e. The Morgan fingerprint density at radius 2 is 2.20 bits per heavy atom. The lowest BCUT2D eigenvalue weighted by Gasteiger charge is -2.26. The standard InChI is InChI=1S/C15H20ClNO3/c1-15(19,12-4-6-13(16)7-5-12)14(18)17-9-11-3-2-8-20-10-11/h4-7,11,19H,2-3,8-10H2,1H3,(H,17,18). The molecule has 110 valence electrons. The van der Waals surface area contributed by atoms with Crippen LogP contribution in [-0.4, -0.2) is 30.8 Å². The van der Waals surface area contributed by atoms with Crippen LogP contribution in [0.4, 0.5) is 0 Å². The summed E-state index contributed by atoms with van der Waals surface area (Å²) >= 11 is 5.81. The molecule has 1 heterocycles. The van der Waals surface area contributed by atoms with Gasteiger partial charge in [0.1, 0.15) is 0 Å². The van der Waals surface area contributed by atoms with Crippen LogP contribution < -0.4 is 5.32 Å². The second-order valence-corrected chi connectivity index (χ2v) is 5.81. The Kier molecular flexibility index (Phi) is 5.02. The normalized spacial score (nSPS) is 22.1. The van der Waals surface area contributed by atoms with Crippen molar-refractivity contribution in [3.05, 3.63) is 34.9 Å². The van der Waals surface area contributed by atoms with E-state index in [1.165, 1.54) is 6.92 Å². The van der Waals surface area contributed by atoms with Crippen LogP contribution in [0.25, 0.3) is 0 Å². The van der Waals surface area contributed by atoms with Crippen molar-refractivity contribution in [1.29, 1.82) is 0 Å². The number of rotatable bonds is 4. The Bertz CT molecular complexity index is 453. The van der Waals surface area contributed by atoms with E-state index in [2.05, 4.69) is 5.32 Å². The van der Waals surface area contributed by atoms with Crippen molar-refractivity contribution < 1.29 is 14.6 Å². The van der Waals surface area contributed by atoms with Gasteiger partial charge in [0.2, 0.25) is 0 Å². The largest absolute Gasteiger partial charge is 0.381 e. The molecule has 1 saturated heterocycles. The summed E-state index contributed by atoms with van der Waals surface area (Å²) in [5.74, 6) is -0.0703. The first kappa shape index (κ1) is 15.3. The summed E-state index contributed by atoms with van der Waals surface area (Å²) in [6, 6.07) is 6.64. The quantitative estimate of drug-likeness (QED) is 0.895. The molecule has 5 heteroatoms. The molecule has 0 radical (unpaired) electrons. The van der Waals surface area contributed by atoms with E-state index < -0.39 is 11.5 Å². The molecule has 1 amide bonds. The maximum absolute atomic E-state index is 12.2. The van der Waals surface area contributed by atoms with Crippen molar-refractivity contribution in [3.63, 3.8) is 0 Å². The van der Waals surface area contributed by atoms with Crippen LogP contribution in [0.15, 0.2) is 24.3 Å². The molecule has 1 aliphatic rings. The van der Waals surface area contributed by atoms with Gasteiger partial charge in [-0.25, -0.2) is 0 Å². The molecule has 1 aliphatic heterocycles. The topological polar surface area (TPSA) is 58.6 Å². The molecule has 0 spiro atoms. The lowest BCUT2D eigenvalue weighted by atomic mass is 9.94. The van der Waals surface area contributed by atoms with E-state index >= 15 is 0 Å². The fourth-order valence-corrected chi connectivity index (χ4v) is 2.41.